The van der Waals surface area contributed by atoms with Crippen LogP contribution in [-0.4, -0.2) is 36.0 Å². The number of esters is 1. The first-order valence-corrected chi connectivity index (χ1v) is 10.8. The smallest absolute Gasteiger partial charge is 0.326 e. The van der Waals surface area contributed by atoms with Gasteiger partial charge in [0.1, 0.15) is 12.1 Å². The second-order valence-electron chi connectivity index (χ2n) is 8.00. The standard InChI is InChI=1S/C25H27N3O4/c1-18(23(30)28-25(17-26)14-6-3-7-15-25)32-22(29)16-27-24(31)21-12-10-20(11-13-21)19-8-4-2-5-9-19/h2,4-5,8-13,18H,3,6-7,14-16H2,1H3,(H,27,31)(H,28,30). The minimum Gasteiger partial charge on any atom is -0.451 e. The van der Waals surface area contributed by atoms with Crippen LogP contribution in [0.1, 0.15) is 49.4 Å². The van der Waals surface area contributed by atoms with Gasteiger partial charge in [-0.1, -0.05) is 61.7 Å². The maximum atomic E-state index is 12.4. The molecule has 2 N–H and O–H groups in total. The molecule has 7 nitrogen and oxygen atoms in total. The Kier molecular flexibility index (Phi) is 7.61. The van der Waals surface area contributed by atoms with E-state index in [4.69, 9.17) is 4.74 Å². The van der Waals surface area contributed by atoms with Crippen molar-refractivity contribution in [2.24, 2.45) is 0 Å². The number of nitrogens with one attached hydrogen (secondary N) is 2. The van der Waals surface area contributed by atoms with E-state index in [9.17, 15) is 19.6 Å². The number of nitrogens with zero attached hydrogens (tertiary/aromatic N) is 1. The van der Waals surface area contributed by atoms with Crippen molar-refractivity contribution in [2.75, 3.05) is 6.54 Å². The molecule has 1 atom stereocenters. The molecule has 1 aliphatic carbocycles. The summed E-state index contributed by atoms with van der Waals surface area (Å²) in [6.07, 6.45) is 2.92. The quantitative estimate of drug-likeness (QED) is 0.651. The monoisotopic (exact) mass is 433 g/mol. The molecule has 2 aromatic carbocycles. The third kappa shape index (κ3) is 5.94. The summed E-state index contributed by atoms with van der Waals surface area (Å²) >= 11 is 0. The Hall–Kier alpha value is -3.66. The van der Waals surface area contributed by atoms with Gasteiger partial charge in [-0.15, -0.1) is 0 Å². The van der Waals surface area contributed by atoms with Crippen molar-refractivity contribution in [3.8, 4) is 17.2 Å². The highest BCUT2D eigenvalue weighted by atomic mass is 16.5. The highest BCUT2D eigenvalue weighted by molar-refractivity contribution is 5.96. The minimum atomic E-state index is -1.06. The zero-order chi connectivity index (χ0) is 23.0. The van der Waals surface area contributed by atoms with Crippen molar-refractivity contribution in [3.63, 3.8) is 0 Å². The second-order valence-corrected chi connectivity index (χ2v) is 8.00. The summed E-state index contributed by atoms with van der Waals surface area (Å²) in [4.78, 5) is 36.8. The fourth-order valence-electron chi connectivity index (χ4n) is 3.75. The first kappa shape index (κ1) is 23.0. The lowest BCUT2D eigenvalue weighted by Gasteiger charge is -2.32. The van der Waals surface area contributed by atoms with Crippen molar-refractivity contribution < 1.29 is 19.1 Å². The summed E-state index contributed by atoms with van der Waals surface area (Å²) in [6, 6.07) is 19.0. The Balaban J connectivity index is 1.47. The van der Waals surface area contributed by atoms with E-state index in [1.54, 1.807) is 12.1 Å². The third-order valence-corrected chi connectivity index (χ3v) is 5.61. The van der Waals surface area contributed by atoms with Gasteiger partial charge in [-0.2, -0.15) is 5.26 Å². The van der Waals surface area contributed by atoms with Gasteiger partial charge in [0.25, 0.3) is 11.8 Å². The molecule has 2 amide bonds. The molecule has 7 heteroatoms. The minimum absolute atomic E-state index is 0.361. The molecule has 0 radical (unpaired) electrons. The summed E-state index contributed by atoms with van der Waals surface area (Å²) in [5.41, 5.74) is 1.54. The van der Waals surface area contributed by atoms with Crippen LogP contribution in [0.2, 0.25) is 0 Å². The lowest BCUT2D eigenvalue weighted by atomic mass is 9.83. The number of nitriles is 1. The lowest BCUT2D eigenvalue weighted by Crippen LogP contribution is -2.52. The van der Waals surface area contributed by atoms with Gasteiger partial charge in [-0.05, 0) is 43.0 Å². The Morgan fingerprint density at radius 3 is 2.25 bits per heavy atom. The van der Waals surface area contributed by atoms with Crippen molar-refractivity contribution >= 4 is 17.8 Å². The summed E-state index contributed by atoms with van der Waals surface area (Å²) in [5, 5.41) is 14.7. The molecule has 0 spiro atoms. The zero-order valence-corrected chi connectivity index (χ0v) is 18.1. The summed E-state index contributed by atoms with van der Waals surface area (Å²) in [6.45, 7) is 1.09. The number of hydrogen-bond donors (Lipinski definition) is 2. The van der Waals surface area contributed by atoms with Crippen molar-refractivity contribution in [2.45, 2.75) is 50.7 Å². The molecule has 1 fully saturated rings. The molecule has 0 bridgehead atoms. The van der Waals surface area contributed by atoms with Gasteiger partial charge >= 0.3 is 5.97 Å². The lowest BCUT2D eigenvalue weighted by molar-refractivity contribution is -0.154. The average molecular weight is 434 g/mol. The maximum Gasteiger partial charge on any atom is 0.326 e. The van der Waals surface area contributed by atoms with Gasteiger partial charge in [0, 0.05) is 5.56 Å². The molecule has 1 aliphatic rings. The molecular weight excluding hydrogens is 406 g/mol. The van der Waals surface area contributed by atoms with Crippen LogP contribution in [-0.2, 0) is 14.3 Å². The number of amides is 2. The molecule has 0 heterocycles. The van der Waals surface area contributed by atoms with Gasteiger partial charge in [0.2, 0.25) is 0 Å². The highest BCUT2D eigenvalue weighted by Crippen LogP contribution is 2.27. The van der Waals surface area contributed by atoms with Gasteiger partial charge < -0.3 is 15.4 Å². The van der Waals surface area contributed by atoms with Gasteiger partial charge in [0.15, 0.2) is 6.10 Å². The first-order chi connectivity index (χ1) is 15.4. The highest BCUT2D eigenvalue weighted by Gasteiger charge is 2.35. The number of ether oxygens (including phenoxy) is 1. The van der Waals surface area contributed by atoms with Crippen LogP contribution in [0.15, 0.2) is 54.6 Å². The Morgan fingerprint density at radius 1 is 1.00 bits per heavy atom. The first-order valence-electron chi connectivity index (χ1n) is 10.8. The average Bonchev–Trinajstić information content (AvgIpc) is 2.83. The van der Waals surface area contributed by atoms with Gasteiger partial charge in [-0.3, -0.25) is 14.4 Å². The predicted molar refractivity (Wildman–Crippen MR) is 119 cm³/mol. The van der Waals surface area contributed by atoms with E-state index < -0.39 is 29.4 Å². The van der Waals surface area contributed by atoms with E-state index >= 15 is 0 Å². The van der Waals surface area contributed by atoms with E-state index in [1.807, 2.05) is 42.5 Å². The van der Waals surface area contributed by atoms with Crippen LogP contribution in [0.3, 0.4) is 0 Å². The summed E-state index contributed by atoms with van der Waals surface area (Å²) < 4.78 is 5.13. The molecule has 166 valence electrons. The van der Waals surface area contributed by atoms with Crippen molar-refractivity contribution in [3.05, 3.63) is 60.2 Å². The number of hydrogen-bond acceptors (Lipinski definition) is 5. The maximum absolute atomic E-state index is 12.4. The molecule has 0 aromatic heterocycles. The van der Waals surface area contributed by atoms with E-state index in [0.29, 0.717) is 18.4 Å². The molecule has 32 heavy (non-hydrogen) atoms. The molecule has 0 aliphatic heterocycles. The van der Waals surface area contributed by atoms with Crippen LogP contribution in [0, 0.1) is 11.3 Å². The van der Waals surface area contributed by atoms with E-state index in [-0.39, 0.29) is 6.54 Å². The third-order valence-electron chi connectivity index (χ3n) is 5.61. The Bertz CT molecular complexity index is 990. The number of carbonyl (C=O) groups is 3. The fraction of sp³-hybridized carbons (Fsp3) is 0.360. The fourth-order valence-corrected chi connectivity index (χ4v) is 3.75. The van der Waals surface area contributed by atoms with Crippen LogP contribution >= 0.6 is 0 Å². The van der Waals surface area contributed by atoms with Gasteiger partial charge in [-0.25, -0.2) is 0 Å². The zero-order valence-electron chi connectivity index (χ0n) is 18.1. The largest absolute Gasteiger partial charge is 0.451 e. The second kappa shape index (κ2) is 10.6. The van der Waals surface area contributed by atoms with Crippen LogP contribution in [0.5, 0.6) is 0 Å². The normalized spacial score (nSPS) is 15.6. The molecular formula is C25H27N3O4. The molecule has 1 unspecified atom stereocenters. The molecule has 2 aromatic rings. The van der Waals surface area contributed by atoms with Crippen molar-refractivity contribution in [1.29, 1.82) is 5.26 Å². The number of rotatable bonds is 7. The van der Waals surface area contributed by atoms with Crippen molar-refractivity contribution in [1.82, 2.24) is 10.6 Å². The van der Waals surface area contributed by atoms with Crippen LogP contribution < -0.4 is 10.6 Å². The number of benzene rings is 2. The van der Waals surface area contributed by atoms with Gasteiger partial charge in [0.05, 0.1) is 6.07 Å². The number of carbonyl (C=O) groups excluding carboxylic acids is 3. The van der Waals surface area contributed by atoms with Crippen LogP contribution in [0.4, 0.5) is 0 Å². The topological polar surface area (TPSA) is 108 Å². The summed E-state index contributed by atoms with van der Waals surface area (Å²) in [7, 11) is 0. The molecule has 3 rings (SSSR count). The molecule has 1 saturated carbocycles. The van der Waals surface area contributed by atoms with E-state index in [1.165, 1.54) is 6.92 Å². The van der Waals surface area contributed by atoms with E-state index in [2.05, 4.69) is 16.7 Å². The van der Waals surface area contributed by atoms with E-state index in [0.717, 1.165) is 30.4 Å². The Labute approximate surface area is 187 Å². The Morgan fingerprint density at radius 2 is 1.62 bits per heavy atom. The SMILES string of the molecule is CC(OC(=O)CNC(=O)c1ccc(-c2ccccc2)cc1)C(=O)NC1(C#N)CCCCC1. The summed E-state index contributed by atoms with van der Waals surface area (Å²) in [5.74, 6) is -1.65. The van der Waals surface area contributed by atoms with Crippen LogP contribution in [0.25, 0.3) is 11.1 Å². The predicted octanol–water partition coefficient (Wildman–Crippen LogP) is 3.36. The molecule has 0 saturated heterocycles.